The zero-order chi connectivity index (χ0) is 15.5. The van der Waals surface area contributed by atoms with Gasteiger partial charge >= 0.3 is 0 Å². The smallest absolute Gasteiger partial charge is 0.272 e. The van der Waals surface area contributed by atoms with E-state index in [-0.39, 0.29) is 17.2 Å². The molecular weight excluding hydrogens is 278 g/mol. The molecule has 0 aliphatic heterocycles. The highest BCUT2D eigenvalue weighted by Crippen LogP contribution is 2.13. The van der Waals surface area contributed by atoms with Crippen LogP contribution in [0.5, 0.6) is 0 Å². The Labute approximate surface area is 127 Å². The number of H-pyrrole nitrogens is 1. The average molecular weight is 293 g/mol. The summed E-state index contributed by atoms with van der Waals surface area (Å²) < 4.78 is 0. The Morgan fingerprint density at radius 1 is 1.09 bits per heavy atom. The van der Waals surface area contributed by atoms with Gasteiger partial charge in [0.1, 0.15) is 0 Å². The van der Waals surface area contributed by atoms with E-state index in [1.807, 2.05) is 31.2 Å². The maximum Gasteiger partial charge on any atom is 0.272 e. The number of aryl methyl sites for hydroxylation is 1. The lowest BCUT2D eigenvalue weighted by atomic mass is 10.1. The predicted molar refractivity (Wildman–Crippen MR) is 84.7 cm³/mol. The molecule has 0 unspecified atom stereocenters. The fourth-order valence-corrected chi connectivity index (χ4v) is 2.36. The molecule has 5 nitrogen and oxygen atoms in total. The summed E-state index contributed by atoms with van der Waals surface area (Å²) in [4.78, 5) is 24.1. The van der Waals surface area contributed by atoms with Gasteiger partial charge in [-0.1, -0.05) is 42.5 Å². The number of hydrogen-bond donors (Lipinski definition) is 2. The fourth-order valence-electron chi connectivity index (χ4n) is 2.36. The zero-order valence-corrected chi connectivity index (χ0v) is 12.1. The van der Waals surface area contributed by atoms with Crippen LogP contribution in [0.15, 0.2) is 53.3 Å². The normalized spacial score (nSPS) is 10.6. The number of hydrogen-bond acceptors (Lipinski definition) is 3. The standard InChI is InChI=1S/C17H15N3O2/c1-11-6-2-3-7-12(11)10-18-17(22)15-13-8-4-5-9-14(13)16(21)20-19-15/h2-9H,10H2,1H3,(H,18,22)(H,20,21). The Balaban J connectivity index is 1.89. The number of nitrogens with zero attached hydrogens (tertiary/aromatic N) is 1. The predicted octanol–water partition coefficient (Wildman–Crippen LogP) is 2.16. The van der Waals surface area contributed by atoms with Crippen molar-refractivity contribution in [1.29, 1.82) is 0 Å². The third kappa shape index (κ3) is 2.61. The van der Waals surface area contributed by atoms with Crippen LogP contribution in [0.2, 0.25) is 0 Å². The Morgan fingerprint density at radius 2 is 1.77 bits per heavy atom. The molecule has 0 spiro atoms. The molecule has 0 saturated heterocycles. The van der Waals surface area contributed by atoms with Crippen molar-refractivity contribution in [2.45, 2.75) is 13.5 Å². The summed E-state index contributed by atoms with van der Waals surface area (Å²) in [5, 5.41) is 10.1. The molecule has 0 bridgehead atoms. The van der Waals surface area contributed by atoms with Crippen molar-refractivity contribution in [3.63, 3.8) is 0 Å². The summed E-state index contributed by atoms with van der Waals surface area (Å²) in [7, 11) is 0. The number of aromatic nitrogens is 2. The first-order valence-electron chi connectivity index (χ1n) is 6.97. The van der Waals surface area contributed by atoms with Crippen LogP contribution in [0, 0.1) is 6.92 Å². The summed E-state index contributed by atoms with van der Waals surface area (Å²) >= 11 is 0. The number of benzene rings is 2. The minimum absolute atomic E-state index is 0.226. The summed E-state index contributed by atoms with van der Waals surface area (Å²) in [6, 6.07) is 14.8. The van der Waals surface area contributed by atoms with Gasteiger partial charge in [-0.3, -0.25) is 9.59 Å². The van der Waals surface area contributed by atoms with Crippen LogP contribution in [0.3, 0.4) is 0 Å². The third-order valence-corrected chi connectivity index (χ3v) is 3.61. The average Bonchev–Trinajstić information content (AvgIpc) is 2.54. The topological polar surface area (TPSA) is 74.8 Å². The van der Waals surface area contributed by atoms with Gasteiger partial charge in [-0.15, -0.1) is 0 Å². The van der Waals surface area contributed by atoms with Crippen molar-refractivity contribution in [1.82, 2.24) is 15.5 Å². The number of carbonyl (C=O) groups is 1. The Kier molecular flexibility index (Phi) is 3.70. The SMILES string of the molecule is Cc1ccccc1CNC(=O)c1n[nH]c(=O)c2ccccc12. The monoisotopic (exact) mass is 293 g/mol. The second kappa shape index (κ2) is 5.81. The van der Waals surface area contributed by atoms with Crippen LogP contribution in [-0.2, 0) is 6.54 Å². The van der Waals surface area contributed by atoms with E-state index in [0.717, 1.165) is 11.1 Å². The molecule has 0 atom stereocenters. The largest absolute Gasteiger partial charge is 0.347 e. The van der Waals surface area contributed by atoms with E-state index in [2.05, 4.69) is 15.5 Å². The molecule has 0 fully saturated rings. The van der Waals surface area contributed by atoms with Gasteiger partial charge in [0.25, 0.3) is 11.5 Å². The van der Waals surface area contributed by atoms with E-state index < -0.39 is 0 Å². The van der Waals surface area contributed by atoms with Gasteiger partial charge in [0.15, 0.2) is 5.69 Å². The Hall–Kier alpha value is -2.95. The Bertz CT molecular complexity index is 900. The maximum atomic E-state index is 12.4. The second-order valence-corrected chi connectivity index (χ2v) is 5.06. The lowest BCUT2D eigenvalue weighted by molar-refractivity contribution is 0.0946. The first-order valence-corrected chi connectivity index (χ1v) is 6.97. The van der Waals surface area contributed by atoms with Gasteiger partial charge in [0.2, 0.25) is 0 Å². The van der Waals surface area contributed by atoms with E-state index in [9.17, 15) is 9.59 Å². The lowest BCUT2D eigenvalue weighted by Gasteiger charge is -2.08. The van der Waals surface area contributed by atoms with E-state index in [0.29, 0.717) is 17.3 Å². The molecule has 2 aromatic carbocycles. The van der Waals surface area contributed by atoms with Crippen LogP contribution in [0.4, 0.5) is 0 Å². The minimum Gasteiger partial charge on any atom is -0.347 e. The van der Waals surface area contributed by atoms with E-state index >= 15 is 0 Å². The summed E-state index contributed by atoms with van der Waals surface area (Å²) in [6.07, 6.45) is 0. The molecule has 0 aliphatic carbocycles. The first kappa shape index (κ1) is 14.0. The molecule has 0 radical (unpaired) electrons. The molecule has 0 aliphatic rings. The van der Waals surface area contributed by atoms with Gasteiger partial charge in [-0.2, -0.15) is 5.10 Å². The number of nitrogens with one attached hydrogen (secondary N) is 2. The zero-order valence-electron chi connectivity index (χ0n) is 12.1. The van der Waals surface area contributed by atoms with Gasteiger partial charge in [-0.05, 0) is 24.1 Å². The molecule has 2 N–H and O–H groups in total. The van der Waals surface area contributed by atoms with Crippen LogP contribution in [0.25, 0.3) is 10.8 Å². The number of aromatic amines is 1. The maximum absolute atomic E-state index is 12.4. The second-order valence-electron chi connectivity index (χ2n) is 5.06. The van der Waals surface area contributed by atoms with Gasteiger partial charge in [-0.25, -0.2) is 5.10 Å². The minimum atomic E-state index is -0.310. The summed E-state index contributed by atoms with van der Waals surface area (Å²) in [5.74, 6) is -0.310. The van der Waals surface area contributed by atoms with Crippen LogP contribution in [0.1, 0.15) is 21.6 Å². The summed E-state index contributed by atoms with van der Waals surface area (Å²) in [5.41, 5.74) is 2.08. The van der Waals surface area contributed by atoms with Crippen molar-refractivity contribution in [3.05, 3.63) is 75.7 Å². The first-order chi connectivity index (χ1) is 10.7. The molecule has 5 heteroatoms. The number of rotatable bonds is 3. The van der Waals surface area contributed by atoms with Crippen molar-refractivity contribution in [3.8, 4) is 0 Å². The number of carbonyl (C=O) groups excluding carboxylic acids is 1. The number of fused-ring (bicyclic) bond motifs is 1. The van der Waals surface area contributed by atoms with Crippen molar-refractivity contribution in [2.75, 3.05) is 0 Å². The van der Waals surface area contributed by atoms with Crippen LogP contribution < -0.4 is 10.9 Å². The van der Waals surface area contributed by atoms with Crippen molar-refractivity contribution >= 4 is 16.7 Å². The van der Waals surface area contributed by atoms with Crippen molar-refractivity contribution < 1.29 is 4.79 Å². The third-order valence-electron chi connectivity index (χ3n) is 3.61. The molecule has 1 amide bonds. The van der Waals surface area contributed by atoms with Crippen LogP contribution in [-0.4, -0.2) is 16.1 Å². The molecule has 3 rings (SSSR count). The highest BCUT2D eigenvalue weighted by Gasteiger charge is 2.13. The van der Waals surface area contributed by atoms with Gasteiger partial charge < -0.3 is 5.32 Å². The van der Waals surface area contributed by atoms with E-state index in [1.54, 1.807) is 24.3 Å². The van der Waals surface area contributed by atoms with E-state index in [4.69, 9.17) is 0 Å². The molecule has 22 heavy (non-hydrogen) atoms. The fraction of sp³-hybridized carbons (Fsp3) is 0.118. The van der Waals surface area contributed by atoms with Crippen LogP contribution >= 0.6 is 0 Å². The quantitative estimate of drug-likeness (QED) is 0.777. The van der Waals surface area contributed by atoms with Crippen molar-refractivity contribution in [2.24, 2.45) is 0 Å². The molecule has 3 aromatic rings. The molecule has 110 valence electrons. The molecular formula is C17H15N3O2. The summed E-state index contributed by atoms with van der Waals surface area (Å²) in [6.45, 7) is 2.41. The van der Waals surface area contributed by atoms with Gasteiger partial charge in [0, 0.05) is 11.9 Å². The lowest BCUT2D eigenvalue weighted by Crippen LogP contribution is -2.26. The molecule has 1 aromatic heterocycles. The molecule has 1 heterocycles. The van der Waals surface area contributed by atoms with E-state index in [1.165, 1.54) is 0 Å². The highest BCUT2D eigenvalue weighted by molar-refractivity contribution is 6.04. The molecule has 0 saturated carbocycles. The van der Waals surface area contributed by atoms with Gasteiger partial charge in [0.05, 0.1) is 5.39 Å². The Morgan fingerprint density at radius 3 is 2.55 bits per heavy atom. The number of amides is 1. The highest BCUT2D eigenvalue weighted by atomic mass is 16.2.